The summed E-state index contributed by atoms with van der Waals surface area (Å²) in [5, 5.41) is 13.4. The molecule has 1 aromatic carbocycles. The van der Waals surface area contributed by atoms with E-state index in [0.717, 1.165) is 27.3 Å². The Kier molecular flexibility index (Phi) is 5.24. The lowest BCUT2D eigenvalue weighted by Gasteiger charge is -2.25. The molecule has 4 rings (SSSR count). The van der Waals surface area contributed by atoms with Crippen LogP contribution < -0.4 is 5.32 Å². The molecule has 27 heavy (non-hydrogen) atoms. The smallest absolute Gasteiger partial charge is 0.170 e. The minimum atomic E-state index is -0.177. The van der Waals surface area contributed by atoms with Crippen LogP contribution in [0.2, 0.25) is 0 Å². The van der Waals surface area contributed by atoms with E-state index >= 15 is 0 Å². The number of hydrogen-bond acceptors (Lipinski definition) is 4. The van der Waals surface area contributed by atoms with E-state index in [1.54, 1.807) is 6.20 Å². The van der Waals surface area contributed by atoms with Crippen LogP contribution in [0.4, 0.5) is 0 Å². The van der Waals surface area contributed by atoms with E-state index in [2.05, 4.69) is 26.2 Å². The van der Waals surface area contributed by atoms with Gasteiger partial charge in [0.2, 0.25) is 0 Å². The lowest BCUT2D eigenvalue weighted by Crippen LogP contribution is -2.32. The predicted molar refractivity (Wildman–Crippen MR) is 111 cm³/mol. The van der Waals surface area contributed by atoms with Crippen molar-refractivity contribution in [3.8, 4) is 11.3 Å². The van der Waals surface area contributed by atoms with Crippen LogP contribution in [0.5, 0.6) is 0 Å². The maximum Gasteiger partial charge on any atom is 0.170 e. The fraction of sp³-hybridized carbons (Fsp3) is 0.200. The molecule has 1 fully saturated rings. The number of β-amino-alcohol motifs (C(OH)–C–C–N with tert-alkyl or cyclic N) is 1. The zero-order chi connectivity index (χ0) is 18.8. The average Bonchev–Trinajstić information content (AvgIpc) is 3.29. The van der Waals surface area contributed by atoms with Crippen molar-refractivity contribution in [2.45, 2.75) is 12.1 Å². The van der Waals surface area contributed by atoms with Gasteiger partial charge in [-0.25, -0.2) is 0 Å². The Morgan fingerprint density at radius 2 is 1.96 bits per heavy atom. The second-order valence-corrected chi connectivity index (χ2v) is 7.55. The minimum Gasteiger partial charge on any atom is -0.459 e. The topological polar surface area (TPSA) is 61.5 Å². The van der Waals surface area contributed by atoms with E-state index in [0.29, 0.717) is 11.7 Å². The summed E-state index contributed by atoms with van der Waals surface area (Å²) in [7, 11) is 0. The molecule has 5 nitrogen and oxygen atoms in total. The minimum absolute atomic E-state index is 0.00748. The Labute approximate surface area is 171 Å². The second kappa shape index (κ2) is 7.80. The fourth-order valence-corrected chi connectivity index (χ4v) is 3.94. The van der Waals surface area contributed by atoms with Crippen molar-refractivity contribution in [1.29, 1.82) is 0 Å². The SMILES string of the molecule is OCCN1C(=S)N[C@@H](c2ccccn2)[C@@H]1c1ccc(-c2ccc(Br)cc2)o1. The van der Waals surface area contributed by atoms with E-state index in [-0.39, 0.29) is 18.7 Å². The van der Waals surface area contributed by atoms with Crippen molar-refractivity contribution >= 4 is 33.3 Å². The van der Waals surface area contributed by atoms with Gasteiger partial charge in [0.1, 0.15) is 17.6 Å². The van der Waals surface area contributed by atoms with E-state index in [9.17, 15) is 5.11 Å². The molecule has 2 atom stereocenters. The van der Waals surface area contributed by atoms with Gasteiger partial charge in [-0.15, -0.1) is 0 Å². The monoisotopic (exact) mass is 443 g/mol. The number of halogens is 1. The molecule has 0 radical (unpaired) electrons. The number of aliphatic hydroxyl groups is 1. The largest absolute Gasteiger partial charge is 0.459 e. The Balaban J connectivity index is 1.71. The number of aromatic nitrogens is 1. The number of rotatable bonds is 5. The average molecular weight is 444 g/mol. The van der Waals surface area contributed by atoms with Gasteiger partial charge >= 0.3 is 0 Å². The first-order valence-corrected chi connectivity index (χ1v) is 9.82. The highest BCUT2D eigenvalue weighted by atomic mass is 79.9. The molecule has 7 heteroatoms. The van der Waals surface area contributed by atoms with Crippen molar-refractivity contribution in [3.05, 3.63) is 76.7 Å². The molecule has 1 aliphatic heterocycles. The predicted octanol–water partition coefficient (Wildman–Crippen LogP) is 4.07. The van der Waals surface area contributed by atoms with Gasteiger partial charge < -0.3 is 19.7 Å². The zero-order valence-electron chi connectivity index (χ0n) is 14.4. The van der Waals surface area contributed by atoms with Crippen LogP contribution in [0, 0.1) is 0 Å². The number of pyridine rings is 1. The molecule has 1 saturated heterocycles. The highest BCUT2D eigenvalue weighted by Gasteiger charge is 2.41. The molecule has 0 saturated carbocycles. The summed E-state index contributed by atoms with van der Waals surface area (Å²) in [6, 6.07) is 17.4. The number of aliphatic hydroxyl groups excluding tert-OH is 1. The molecule has 0 amide bonds. The summed E-state index contributed by atoms with van der Waals surface area (Å²) >= 11 is 8.96. The van der Waals surface area contributed by atoms with Gasteiger partial charge in [0.05, 0.1) is 18.3 Å². The van der Waals surface area contributed by atoms with Crippen molar-refractivity contribution < 1.29 is 9.52 Å². The molecule has 2 aromatic heterocycles. The lowest BCUT2D eigenvalue weighted by molar-refractivity contribution is 0.209. The van der Waals surface area contributed by atoms with Gasteiger partial charge in [-0.3, -0.25) is 4.98 Å². The van der Waals surface area contributed by atoms with Gasteiger partial charge in [-0.1, -0.05) is 34.1 Å². The number of furan rings is 1. The molecule has 0 spiro atoms. The number of nitrogens with zero attached hydrogens (tertiary/aromatic N) is 2. The van der Waals surface area contributed by atoms with Gasteiger partial charge in [-0.05, 0) is 48.6 Å². The first-order valence-electron chi connectivity index (χ1n) is 8.62. The van der Waals surface area contributed by atoms with Crippen molar-refractivity contribution in [1.82, 2.24) is 15.2 Å². The molecular formula is C20H18BrN3O2S. The van der Waals surface area contributed by atoms with Gasteiger partial charge in [0.25, 0.3) is 0 Å². The fourth-order valence-electron chi connectivity index (χ4n) is 3.34. The highest BCUT2D eigenvalue weighted by Crippen LogP contribution is 2.40. The molecule has 0 aliphatic carbocycles. The first-order chi connectivity index (χ1) is 13.2. The third-order valence-electron chi connectivity index (χ3n) is 4.59. The molecule has 0 bridgehead atoms. The standard InChI is InChI=1S/C20H18BrN3O2S/c21-14-6-4-13(5-7-14)16-8-9-17(26-16)19-18(15-3-1-2-10-22-15)23-20(27)24(19)11-12-25/h1-10,18-19,25H,11-12H2,(H,23,27)/t18-,19-/m0/s1. The summed E-state index contributed by atoms with van der Waals surface area (Å²) in [6.45, 7) is 0.432. The molecule has 0 unspecified atom stereocenters. The molecular weight excluding hydrogens is 426 g/mol. The maximum atomic E-state index is 9.50. The highest BCUT2D eigenvalue weighted by molar-refractivity contribution is 9.10. The number of nitrogens with one attached hydrogen (secondary N) is 1. The van der Waals surface area contributed by atoms with Gasteiger partial charge in [0, 0.05) is 22.8 Å². The molecule has 138 valence electrons. The first kappa shape index (κ1) is 18.2. The molecule has 1 aliphatic rings. The summed E-state index contributed by atoms with van der Waals surface area (Å²) in [5.41, 5.74) is 1.88. The normalized spacial score (nSPS) is 19.3. The van der Waals surface area contributed by atoms with E-state index in [1.165, 1.54) is 0 Å². The van der Waals surface area contributed by atoms with Gasteiger partial charge in [0.15, 0.2) is 5.11 Å². The number of benzene rings is 1. The summed E-state index contributed by atoms with van der Waals surface area (Å²) in [6.07, 6.45) is 1.77. The molecule has 2 N–H and O–H groups in total. The maximum absolute atomic E-state index is 9.50. The summed E-state index contributed by atoms with van der Waals surface area (Å²) in [4.78, 5) is 6.44. The Morgan fingerprint density at radius 3 is 2.67 bits per heavy atom. The van der Waals surface area contributed by atoms with Crippen molar-refractivity contribution in [2.75, 3.05) is 13.2 Å². The van der Waals surface area contributed by atoms with Crippen molar-refractivity contribution in [3.63, 3.8) is 0 Å². The van der Waals surface area contributed by atoms with Crippen LogP contribution in [0.1, 0.15) is 23.5 Å². The van der Waals surface area contributed by atoms with Crippen LogP contribution in [-0.4, -0.2) is 33.3 Å². The van der Waals surface area contributed by atoms with E-state index < -0.39 is 0 Å². The van der Waals surface area contributed by atoms with Crippen LogP contribution in [0.15, 0.2) is 69.7 Å². The number of hydrogen-bond donors (Lipinski definition) is 2. The van der Waals surface area contributed by atoms with Crippen LogP contribution in [-0.2, 0) is 0 Å². The summed E-state index contributed by atoms with van der Waals surface area (Å²) in [5.74, 6) is 1.57. The van der Waals surface area contributed by atoms with Gasteiger partial charge in [-0.2, -0.15) is 0 Å². The summed E-state index contributed by atoms with van der Waals surface area (Å²) < 4.78 is 7.23. The second-order valence-electron chi connectivity index (χ2n) is 6.25. The zero-order valence-corrected chi connectivity index (χ0v) is 16.8. The van der Waals surface area contributed by atoms with Crippen molar-refractivity contribution in [2.24, 2.45) is 0 Å². The Bertz CT molecular complexity index is 930. The van der Waals surface area contributed by atoms with E-state index in [1.807, 2.05) is 59.5 Å². The number of thiocarbonyl (C=S) groups is 1. The Hall–Kier alpha value is -2.22. The van der Waals surface area contributed by atoms with Crippen LogP contribution >= 0.6 is 28.1 Å². The Morgan fingerprint density at radius 1 is 1.15 bits per heavy atom. The lowest BCUT2D eigenvalue weighted by atomic mass is 10.0. The molecule has 3 aromatic rings. The molecule has 3 heterocycles. The van der Waals surface area contributed by atoms with E-state index in [4.69, 9.17) is 16.6 Å². The van der Waals surface area contributed by atoms with Crippen LogP contribution in [0.25, 0.3) is 11.3 Å². The van der Waals surface area contributed by atoms with Crippen LogP contribution in [0.3, 0.4) is 0 Å². The quantitative estimate of drug-likeness (QED) is 0.579. The third kappa shape index (κ3) is 3.63. The third-order valence-corrected chi connectivity index (χ3v) is 5.47.